The Kier molecular flexibility index (Phi) is 12.2. The molecule has 2 N–H and O–H groups in total. The van der Waals surface area contributed by atoms with Crippen LogP contribution in [0.5, 0.6) is 17.4 Å². The lowest BCUT2D eigenvalue weighted by Crippen LogP contribution is -2.38. The first-order chi connectivity index (χ1) is 30.2. The molecule has 2 amide bonds. The summed E-state index contributed by atoms with van der Waals surface area (Å²) < 4.78 is 32.3. The second-order valence-corrected chi connectivity index (χ2v) is 14.9. The number of carbonyl (C=O) groups is 2. The number of aliphatic hydroxyl groups is 1. The largest absolute Gasteiger partial charge is 0.497 e. The van der Waals surface area contributed by atoms with Crippen molar-refractivity contribution >= 4 is 40.5 Å². The van der Waals surface area contributed by atoms with Crippen LogP contribution in [0, 0.1) is 5.92 Å². The standard InChI is InChI=1S/C48H46N6O8/c1-31(2)44(56)51-46-50-43-42(45(52-46)62-47(57)54(35-16-10-6-11-17-35)36-18-12-7-13-19-36)49-30-53(43)41-28-39(55)40(61-41)29-60-48(32-14-8-5-9-15-32,33-20-24-37(58-3)25-21-33)34-22-26-38(59-4)27-23-34/h5-27,30-31,39-41,55H,28-29H2,1-4H3,(H,50,51,52,56)/t39-,40+,41-/m1/s1. The van der Waals surface area contributed by atoms with Crippen molar-refractivity contribution < 1.29 is 38.4 Å². The number of aliphatic hydroxyl groups excluding tert-OH is 1. The molecule has 0 spiro atoms. The number of hydrogen-bond acceptors (Lipinski definition) is 11. The number of rotatable bonds is 14. The normalized spacial score (nSPS) is 16.3. The first kappa shape index (κ1) is 41.6. The Morgan fingerprint density at radius 3 is 1.85 bits per heavy atom. The maximum Gasteiger partial charge on any atom is 0.425 e. The summed E-state index contributed by atoms with van der Waals surface area (Å²) in [5.74, 6) is 0.354. The van der Waals surface area contributed by atoms with Gasteiger partial charge < -0.3 is 28.8 Å². The number of imidazole rings is 1. The first-order valence-electron chi connectivity index (χ1n) is 20.2. The quantitative estimate of drug-likeness (QED) is 0.101. The van der Waals surface area contributed by atoms with Crippen LogP contribution in [0.3, 0.4) is 0 Å². The van der Waals surface area contributed by atoms with Crippen LogP contribution < -0.4 is 24.4 Å². The SMILES string of the molecule is COc1ccc(C(OC[C@@H]2O[C@@H](n3cnc4c(OC(=O)N(c5ccccc5)c5ccccc5)nc(NC(=O)C(C)C)nc43)C[C@H]2O)(c2ccccc2)c2ccc(OC)cc2)cc1. The molecule has 0 radical (unpaired) electrons. The smallest absolute Gasteiger partial charge is 0.425 e. The third-order valence-corrected chi connectivity index (χ3v) is 10.7. The summed E-state index contributed by atoms with van der Waals surface area (Å²) in [6.45, 7) is 3.45. The van der Waals surface area contributed by atoms with E-state index in [1.54, 1.807) is 56.9 Å². The summed E-state index contributed by atoms with van der Waals surface area (Å²) in [5, 5.41) is 14.4. The van der Waals surface area contributed by atoms with E-state index in [-0.39, 0.29) is 41.9 Å². The Bertz CT molecular complexity index is 2520. The summed E-state index contributed by atoms with van der Waals surface area (Å²) in [7, 11) is 3.23. The molecule has 1 saturated heterocycles. The van der Waals surface area contributed by atoms with Gasteiger partial charge in [0.25, 0.3) is 5.88 Å². The number of carbonyl (C=O) groups excluding carboxylic acids is 2. The molecule has 1 fully saturated rings. The summed E-state index contributed by atoms with van der Waals surface area (Å²) in [6.07, 6.45) is -1.69. The lowest BCUT2D eigenvalue weighted by Gasteiger charge is -2.37. The molecule has 14 heteroatoms. The lowest BCUT2D eigenvalue weighted by molar-refractivity contribution is -0.118. The van der Waals surface area contributed by atoms with E-state index in [9.17, 15) is 14.7 Å². The molecule has 0 bridgehead atoms. The van der Waals surface area contributed by atoms with E-state index in [1.807, 2.05) is 115 Å². The third-order valence-electron chi connectivity index (χ3n) is 10.7. The highest BCUT2D eigenvalue weighted by Crippen LogP contribution is 2.43. The van der Waals surface area contributed by atoms with Gasteiger partial charge in [-0.2, -0.15) is 9.97 Å². The Morgan fingerprint density at radius 1 is 0.790 bits per heavy atom. The number of nitrogens with one attached hydrogen (secondary N) is 1. The first-order valence-corrected chi connectivity index (χ1v) is 20.2. The van der Waals surface area contributed by atoms with Gasteiger partial charge in [-0.3, -0.25) is 14.7 Å². The number of hydrogen-bond donors (Lipinski definition) is 2. The molecule has 5 aromatic carbocycles. The molecule has 0 saturated carbocycles. The molecule has 14 nitrogen and oxygen atoms in total. The van der Waals surface area contributed by atoms with Crippen LogP contribution in [0.25, 0.3) is 11.2 Å². The Balaban J connectivity index is 1.13. The van der Waals surface area contributed by atoms with Gasteiger partial charge in [0, 0.05) is 12.3 Å². The van der Waals surface area contributed by atoms with E-state index in [4.69, 9.17) is 23.7 Å². The van der Waals surface area contributed by atoms with Gasteiger partial charge in [-0.1, -0.05) is 105 Å². The zero-order valence-electron chi connectivity index (χ0n) is 34.6. The Hall–Kier alpha value is -7.13. The highest BCUT2D eigenvalue weighted by Gasteiger charge is 2.42. The van der Waals surface area contributed by atoms with E-state index in [1.165, 1.54) is 11.2 Å². The number of anilines is 3. The van der Waals surface area contributed by atoms with Gasteiger partial charge in [-0.05, 0) is 65.2 Å². The van der Waals surface area contributed by atoms with E-state index in [2.05, 4.69) is 20.3 Å². The monoisotopic (exact) mass is 834 g/mol. The summed E-state index contributed by atoms with van der Waals surface area (Å²) in [6, 6.07) is 43.3. The summed E-state index contributed by atoms with van der Waals surface area (Å²) >= 11 is 0. The van der Waals surface area contributed by atoms with Gasteiger partial charge in [0.1, 0.15) is 29.4 Å². The van der Waals surface area contributed by atoms with Gasteiger partial charge in [-0.15, -0.1) is 0 Å². The molecule has 8 rings (SSSR count). The molecular weight excluding hydrogens is 789 g/mol. The van der Waals surface area contributed by atoms with Crippen LogP contribution in [0.4, 0.5) is 22.1 Å². The van der Waals surface area contributed by atoms with E-state index >= 15 is 0 Å². The highest BCUT2D eigenvalue weighted by molar-refractivity contribution is 5.98. The van der Waals surface area contributed by atoms with E-state index in [0.717, 1.165) is 16.7 Å². The number of benzene rings is 5. The molecule has 1 aliphatic rings. The van der Waals surface area contributed by atoms with Crippen LogP contribution >= 0.6 is 0 Å². The average molecular weight is 835 g/mol. The number of fused-ring (bicyclic) bond motifs is 1. The fraction of sp³-hybridized carbons (Fsp3) is 0.229. The third kappa shape index (κ3) is 8.43. The van der Waals surface area contributed by atoms with Crippen molar-refractivity contribution in [1.82, 2.24) is 19.5 Å². The fourth-order valence-corrected chi connectivity index (χ4v) is 7.44. The topological polar surface area (TPSA) is 159 Å². The zero-order valence-corrected chi connectivity index (χ0v) is 34.6. The highest BCUT2D eigenvalue weighted by atomic mass is 16.6. The van der Waals surface area contributed by atoms with Gasteiger partial charge in [-0.25, -0.2) is 14.7 Å². The van der Waals surface area contributed by atoms with Crippen molar-refractivity contribution in [3.63, 3.8) is 0 Å². The fourth-order valence-electron chi connectivity index (χ4n) is 7.44. The molecule has 7 aromatic rings. The van der Waals surface area contributed by atoms with Crippen LogP contribution in [0.2, 0.25) is 0 Å². The van der Waals surface area contributed by atoms with Crippen LogP contribution in [-0.4, -0.2) is 69.7 Å². The minimum absolute atomic E-state index is 0.0282. The maximum atomic E-state index is 14.1. The molecule has 1 aliphatic heterocycles. The summed E-state index contributed by atoms with van der Waals surface area (Å²) in [5.41, 5.74) is 2.83. The summed E-state index contributed by atoms with van der Waals surface area (Å²) in [4.78, 5) is 42.1. The van der Waals surface area contributed by atoms with Crippen molar-refractivity contribution in [2.24, 2.45) is 5.92 Å². The maximum absolute atomic E-state index is 14.1. The van der Waals surface area contributed by atoms with Crippen molar-refractivity contribution in [1.29, 1.82) is 0 Å². The number of aromatic nitrogens is 4. The predicted octanol–water partition coefficient (Wildman–Crippen LogP) is 8.43. The van der Waals surface area contributed by atoms with Gasteiger partial charge in [0.15, 0.2) is 11.2 Å². The van der Waals surface area contributed by atoms with Gasteiger partial charge >= 0.3 is 6.09 Å². The molecule has 316 valence electrons. The second-order valence-electron chi connectivity index (χ2n) is 14.9. The van der Waals surface area contributed by atoms with Crippen LogP contribution in [-0.2, 0) is 19.9 Å². The second kappa shape index (κ2) is 18.2. The Labute approximate surface area is 358 Å². The predicted molar refractivity (Wildman–Crippen MR) is 233 cm³/mol. The number of methoxy groups -OCH3 is 2. The minimum atomic E-state index is -1.15. The van der Waals surface area contributed by atoms with E-state index < -0.39 is 36.0 Å². The van der Waals surface area contributed by atoms with Crippen LogP contribution in [0.15, 0.2) is 146 Å². The molecule has 2 aromatic heterocycles. The minimum Gasteiger partial charge on any atom is -0.497 e. The van der Waals surface area contributed by atoms with Crippen molar-refractivity contribution in [3.8, 4) is 17.4 Å². The molecule has 0 aliphatic carbocycles. The number of nitrogens with zero attached hydrogens (tertiary/aromatic N) is 5. The Morgan fingerprint density at radius 2 is 1.32 bits per heavy atom. The average Bonchev–Trinajstić information content (AvgIpc) is 3.91. The molecule has 3 heterocycles. The van der Waals surface area contributed by atoms with Gasteiger partial charge in [0.2, 0.25) is 11.9 Å². The van der Waals surface area contributed by atoms with Crippen molar-refractivity contribution in [3.05, 3.63) is 163 Å². The van der Waals surface area contributed by atoms with Gasteiger partial charge in [0.05, 0.1) is 44.6 Å². The number of ether oxygens (including phenoxy) is 5. The van der Waals surface area contributed by atoms with E-state index in [0.29, 0.717) is 22.9 Å². The lowest BCUT2D eigenvalue weighted by atomic mass is 9.80. The molecule has 0 unspecified atom stereocenters. The number of amides is 2. The molecule has 62 heavy (non-hydrogen) atoms. The zero-order chi connectivity index (χ0) is 43.2. The van der Waals surface area contributed by atoms with Crippen LogP contribution in [0.1, 0.15) is 43.2 Å². The van der Waals surface area contributed by atoms with Crippen molar-refractivity contribution in [2.75, 3.05) is 31.0 Å². The van der Waals surface area contributed by atoms with Crippen molar-refractivity contribution in [2.45, 2.75) is 44.3 Å². The number of para-hydroxylation sites is 2. The molecular formula is C48H46N6O8. The molecule has 3 atom stereocenters.